The summed E-state index contributed by atoms with van der Waals surface area (Å²) >= 11 is 0. The summed E-state index contributed by atoms with van der Waals surface area (Å²) in [6.07, 6.45) is -0.445. The second-order valence-electron chi connectivity index (χ2n) is 5.81. The van der Waals surface area contributed by atoms with E-state index in [9.17, 15) is 18.3 Å². The molecular weight excluding hydrogens is 340 g/mol. The van der Waals surface area contributed by atoms with Crippen molar-refractivity contribution in [2.75, 3.05) is 19.6 Å². The zero-order chi connectivity index (χ0) is 16.3. The number of sulfone groups is 1. The predicted octanol–water partition coefficient (Wildman–Crippen LogP) is 0.601. The Hall–Kier alpha value is -1.15. The van der Waals surface area contributed by atoms with Gasteiger partial charge in [-0.1, -0.05) is 0 Å². The van der Waals surface area contributed by atoms with Gasteiger partial charge in [0, 0.05) is 31.1 Å². The van der Waals surface area contributed by atoms with Crippen molar-refractivity contribution < 1.29 is 18.3 Å². The van der Waals surface area contributed by atoms with Crippen LogP contribution < -0.4 is 10.6 Å². The van der Waals surface area contributed by atoms with Crippen LogP contribution in [0.1, 0.15) is 24.2 Å². The van der Waals surface area contributed by atoms with Crippen molar-refractivity contribution in [1.29, 1.82) is 0 Å². The van der Waals surface area contributed by atoms with E-state index >= 15 is 0 Å². The lowest BCUT2D eigenvalue weighted by atomic mass is 10.1. The lowest BCUT2D eigenvalue weighted by Gasteiger charge is -2.14. The number of carbonyl (C=O) groups excluding carboxylic acids is 1. The molecule has 2 atom stereocenters. The molecule has 1 saturated heterocycles. The van der Waals surface area contributed by atoms with Gasteiger partial charge in [-0.3, -0.25) is 4.79 Å². The van der Waals surface area contributed by atoms with E-state index in [1.54, 1.807) is 13.8 Å². The fourth-order valence-corrected chi connectivity index (χ4v) is 3.38. The highest BCUT2D eigenvalue weighted by Crippen LogP contribution is 2.16. The maximum atomic E-state index is 12.0. The summed E-state index contributed by atoms with van der Waals surface area (Å²) < 4.78 is 24.0. The smallest absolute Gasteiger partial charge is 0.251 e. The maximum absolute atomic E-state index is 12.0. The van der Waals surface area contributed by atoms with Crippen LogP contribution in [-0.2, 0) is 9.84 Å². The Morgan fingerprint density at radius 2 is 1.91 bits per heavy atom. The molecule has 0 aromatic heterocycles. The molecule has 0 saturated carbocycles. The van der Waals surface area contributed by atoms with Crippen molar-refractivity contribution in [3.63, 3.8) is 0 Å². The number of halogens is 1. The zero-order valence-electron chi connectivity index (χ0n) is 13.2. The molecule has 0 spiro atoms. The minimum Gasteiger partial charge on any atom is -0.391 e. The highest BCUT2D eigenvalue weighted by atomic mass is 35.5. The van der Waals surface area contributed by atoms with E-state index in [1.807, 2.05) is 0 Å². The number of β-amino-alcohol motifs (C(OH)–C–C–N with tert-alkyl or cyclic N) is 1. The summed E-state index contributed by atoms with van der Waals surface area (Å²) in [6.45, 7) is 4.85. The number of carbonyl (C=O) groups is 1. The highest BCUT2D eigenvalue weighted by molar-refractivity contribution is 7.92. The van der Waals surface area contributed by atoms with E-state index in [4.69, 9.17) is 0 Å². The van der Waals surface area contributed by atoms with Gasteiger partial charge in [-0.15, -0.1) is 12.4 Å². The predicted molar refractivity (Wildman–Crippen MR) is 90.7 cm³/mol. The molecule has 1 aromatic rings. The first kappa shape index (κ1) is 19.9. The molecule has 2 unspecified atom stereocenters. The van der Waals surface area contributed by atoms with Gasteiger partial charge in [0.15, 0.2) is 9.84 Å². The van der Waals surface area contributed by atoms with E-state index in [1.165, 1.54) is 24.3 Å². The summed E-state index contributed by atoms with van der Waals surface area (Å²) in [4.78, 5) is 12.3. The second kappa shape index (κ2) is 8.10. The molecular formula is C15H23ClN2O4S. The third-order valence-electron chi connectivity index (χ3n) is 3.89. The molecule has 6 nitrogen and oxygen atoms in total. The van der Waals surface area contributed by atoms with Crippen molar-refractivity contribution >= 4 is 28.2 Å². The quantitative estimate of drug-likeness (QED) is 0.713. The first-order valence-electron chi connectivity index (χ1n) is 7.33. The van der Waals surface area contributed by atoms with Gasteiger partial charge in [0.05, 0.1) is 16.2 Å². The molecule has 1 aromatic carbocycles. The van der Waals surface area contributed by atoms with Crippen LogP contribution in [0.2, 0.25) is 0 Å². The Morgan fingerprint density at radius 3 is 2.39 bits per heavy atom. The van der Waals surface area contributed by atoms with Crippen LogP contribution >= 0.6 is 12.4 Å². The van der Waals surface area contributed by atoms with Gasteiger partial charge in [-0.2, -0.15) is 0 Å². The molecule has 0 bridgehead atoms. The third-order valence-corrected chi connectivity index (χ3v) is 6.07. The van der Waals surface area contributed by atoms with Crippen LogP contribution in [0, 0.1) is 5.92 Å². The van der Waals surface area contributed by atoms with Gasteiger partial charge in [0.25, 0.3) is 5.91 Å². The molecule has 1 fully saturated rings. The highest BCUT2D eigenvalue weighted by Gasteiger charge is 2.25. The molecule has 0 aliphatic carbocycles. The summed E-state index contributed by atoms with van der Waals surface area (Å²) in [5.74, 6) is -0.267. The van der Waals surface area contributed by atoms with Crippen LogP contribution in [0.4, 0.5) is 0 Å². The van der Waals surface area contributed by atoms with Crippen LogP contribution in [0.15, 0.2) is 29.2 Å². The van der Waals surface area contributed by atoms with Crippen molar-refractivity contribution in [3.05, 3.63) is 29.8 Å². The Balaban J connectivity index is 0.00000264. The van der Waals surface area contributed by atoms with Gasteiger partial charge < -0.3 is 15.7 Å². The SMILES string of the molecule is CC(C)S(=O)(=O)c1ccc(C(=O)NCC2CNCC2O)cc1.Cl. The zero-order valence-corrected chi connectivity index (χ0v) is 14.8. The summed E-state index contributed by atoms with van der Waals surface area (Å²) in [6, 6.07) is 5.92. The Morgan fingerprint density at radius 1 is 1.30 bits per heavy atom. The van der Waals surface area contributed by atoms with Gasteiger partial charge in [0.2, 0.25) is 0 Å². The van der Waals surface area contributed by atoms with Crippen LogP contribution in [0.3, 0.4) is 0 Å². The van der Waals surface area contributed by atoms with Crippen molar-refractivity contribution in [1.82, 2.24) is 10.6 Å². The number of nitrogens with one attached hydrogen (secondary N) is 2. The standard InChI is InChI=1S/C15H22N2O4S.ClH/c1-10(2)22(20,21)13-5-3-11(4-6-13)15(19)17-8-12-7-16-9-14(12)18;/h3-6,10,12,14,16,18H,7-9H2,1-2H3,(H,17,19);1H. The van der Waals surface area contributed by atoms with E-state index < -0.39 is 21.2 Å². The molecule has 130 valence electrons. The van der Waals surface area contributed by atoms with E-state index in [2.05, 4.69) is 10.6 Å². The fraction of sp³-hybridized carbons (Fsp3) is 0.533. The van der Waals surface area contributed by atoms with Gasteiger partial charge in [0.1, 0.15) is 0 Å². The Kier molecular flexibility index (Phi) is 7.01. The van der Waals surface area contributed by atoms with Crippen LogP contribution in [-0.4, -0.2) is 50.4 Å². The van der Waals surface area contributed by atoms with E-state index in [0.29, 0.717) is 25.2 Å². The first-order valence-corrected chi connectivity index (χ1v) is 8.88. The number of rotatable bonds is 5. The monoisotopic (exact) mass is 362 g/mol. The molecule has 1 aliphatic heterocycles. The minimum absolute atomic E-state index is 0. The number of hydrogen-bond donors (Lipinski definition) is 3. The molecule has 0 radical (unpaired) electrons. The minimum atomic E-state index is -3.33. The maximum Gasteiger partial charge on any atom is 0.251 e. The van der Waals surface area contributed by atoms with Gasteiger partial charge in [-0.05, 0) is 38.1 Å². The average molecular weight is 363 g/mol. The van der Waals surface area contributed by atoms with Gasteiger partial charge in [-0.25, -0.2) is 8.42 Å². The van der Waals surface area contributed by atoms with Crippen LogP contribution in [0.25, 0.3) is 0 Å². The van der Waals surface area contributed by atoms with E-state index in [-0.39, 0.29) is 29.1 Å². The Bertz CT molecular complexity index is 631. The molecule has 1 aliphatic rings. The van der Waals surface area contributed by atoms with Crippen molar-refractivity contribution in [2.45, 2.75) is 30.1 Å². The summed E-state index contributed by atoms with van der Waals surface area (Å²) in [5, 5.41) is 15.0. The summed E-state index contributed by atoms with van der Waals surface area (Å²) in [5.41, 5.74) is 0.406. The van der Waals surface area contributed by atoms with E-state index in [0.717, 1.165) is 0 Å². The van der Waals surface area contributed by atoms with Crippen molar-refractivity contribution in [2.24, 2.45) is 5.92 Å². The molecule has 8 heteroatoms. The van der Waals surface area contributed by atoms with Crippen molar-refractivity contribution in [3.8, 4) is 0 Å². The molecule has 1 heterocycles. The summed E-state index contributed by atoms with van der Waals surface area (Å²) in [7, 11) is -3.33. The van der Waals surface area contributed by atoms with Gasteiger partial charge >= 0.3 is 0 Å². The number of benzene rings is 1. The molecule has 3 N–H and O–H groups in total. The number of aliphatic hydroxyl groups excluding tert-OH is 1. The first-order chi connectivity index (χ1) is 10.3. The lowest BCUT2D eigenvalue weighted by molar-refractivity contribution is 0.0927. The Labute approximate surface area is 143 Å². The molecule has 23 heavy (non-hydrogen) atoms. The second-order valence-corrected chi connectivity index (χ2v) is 8.32. The largest absolute Gasteiger partial charge is 0.391 e. The average Bonchev–Trinajstić information content (AvgIpc) is 2.90. The topological polar surface area (TPSA) is 95.5 Å². The fourth-order valence-electron chi connectivity index (χ4n) is 2.32. The third kappa shape index (κ3) is 4.67. The molecule has 2 rings (SSSR count). The lowest BCUT2D eigenvalue weighted by Crippen LogP contribution is -2.34. The number of hydrogen-bond acceptors (Lipinski definition) is 5. The van der Waals surface area contributed by atoms with Crippen LogP contribution in [0.5, 0.6) is 0 Å². The number of aliphatic hydroxyl groups is 1. The molecule has 1 amide bonds. The number of amides is 1. The normalized spacial score (nSPS) is 21.0.